The number of ether oxygens (including phenoxy) is 1. The zero-order valence-corrected chi connectivity index (χ0v) is 9.63. The van der Waals surface area contributed by atoms with E-state index < -0.39 is 0 Å². The van der Waals surface area contributed by atoms with E-state index in [9.17, 15) is 0 Å². The van der Waals surface area contributed by atoms with Gasteiger partial charge in [0.2, 0.25) is 0 Å². The molecule has 0 aromatic rings. The molecule has 0 aliphatic heterocycles. The van der Waals surface area contributed by atoms with Gasteiger partial charge >= 0.3 is 0 Å². The fourth-order valence-corrected chi connectivity index (χ4v) is 1.13. The lowest BCUT2D eigenvalue weighted by Gasteiger charge is -2.13. The van der Waals surface area contributed by atoms with E-state index in [1.54, 1.807) is 13.2 Å². The van der Waals surface area contributed by atoms with Gasteiger partial charge in [-0.2, -0.15) is 0 Å². The Morgan fingerprint density at radius 3 is 2.57 bits per heavy atom. The van der Waals surface area contributed by atoms with Gasteiger partial charge in [-0.05, 0) is 19.4 Å². The molecule has 0 saturated heterocycles. The van der Waals surface area contributed by atoms with E-state index in [0.29, 0.717) is 5.76 Å². The average molecular weight is 195 g/mol. The predicted molar refractivity (Wildman–Crippen MR) is 61.6 cm³/mol. The summed E-state index contributed by atoms with van der Waals surface area (Å²) in [5, 5.41) is 0. The van der Waals surface area contributed by atoms with Gasteiger partial charge in [-0.15, -0.1) is 0 Å². The van der Waals surface area contributed by atoms with Crippen LogP contribution in [0.1, 0.15) is 27.2 Å². The van der Waals surface area contributed by atoms with E-state index in [4.69, 9.17) is 10.5 Å². The van der Waals surface area contributed by atoms with Gasteiger partial charge in [0.25, 0.3) is 0 Å². The molecule has 0 spiro atoms. The minimum absolute atomic E-state index is 0.252. The van der Waals surface area contributed by atoms with Crippen molar-refractivity contribution in [1.29, 1.82) is 0 Å². The lowest BCUT2D eigenvalue weighted by Crippen LogP contribution is -2.10. The predicted octanol–water partition coefficient (Wildman–Crippen LogP) is 2.98. The largest absolute Gasteiger partial charge is 0.497 e. The summed E-state index contributed by atoms with van der Waals surface area (Å²) in [6, 6.07) is 0. The monoisotopic (exact) mass is 195 g/mol. The van der Waals surface area contributed by atoms with Crippen molar-refractivity contribution in [3.63, 3.8) is 0 Å². The van der Waals surface area contributed by atoms with Crippen LogP contribution in [-0.2, 0) is 4.74 Å². The van der Waals surface area contributed by atoms with Crippen LogP contribution in [0.3, 0.4) is 0 Å². The summed E-state index contributed by atoms with van der Waals surface area (Å²) in [5.41, 5.74) is 7.98. The van der Waals surface area contributed by atoms with E-state index in [2.05, 4.69) is 33.4 Å². The minimum Gasteiger partial charge on any atom is -0.497 e. The molecule has 0 aliphatic rings. The normalized spacial score (nSPS) is 15.1. The highest BCUT2D eigenvalue weighted by atomic mass is 16.5. The van der Waals surface area contributed by atoms with E-state index in [1.165, 1.54) is 5.57 Å². The molecule has 0 radical (unpaired) electrons. The molecule has 2 nitrogen and oxygen atoms in total. The molecule has 0 saturated carbocycles. The molecule has 2 heteroatoms. The molecule has 0 fully saturated rings. The van der Waals surface area contributed by atoms with Crippen LogP contribution in [-0.4, -0.2) is 7.11 Å². The Kier molecular flexibility index (Phi) is 5.77. The van der Waals surface area contributed by atoms with Gasteiger partial charge in [0.15, 0.2) is 0 Å². The molecule has 2 N–H and O–H groups in total. The van der Waals surface area contributed by atoms with Crippen molar-refractivity contribution in [3.8, 4) is 0 Å². The van der Waals surface area contributed by atoms with Crippen molar-refractivity contribution in [2.75, 3.05) is 7.11 Å². The second kappa shape index (κ2) is 6.30. The summed E-state index contributed by atoms with van der Waals surface area (Å²) < 4.78 is 4.94. The summed E-state index contributed by atoms with van der Waals surface area (Å²) in [6.07, 6.45) is 4.99. The summed E-state index contributed by atoms with van der Waals surface area (Å²) in [6.45, 7) is 9.99. The zero-order chi connectivity index (χ0) is 11.1. The van der Waals surface area contributed by atoms with Crippen LogP contribution >= 0.6 is 0 Å². The second-order valence-corrected chi connectivity index (χ2v) is 3.39. The Labute approximate surface area is 87.1 Å². The smallest absolute Gasteiger partial charge is 0.113 e. The molecule has 0 aliphatic carbocycles. The molecular weight excluding hydrogens is 174 g/mol. The Bertz CT molecular complexity index is 251. The minimum atomic E-state index is 0.252. The first kappa shape index (κ1) is 12.8. The van der Waals surface area contributed by atoms with Crippen molar-refractivity contribution in [2.45, 2.75) is 27.2 Å². The Hall–Kier alpha value is -1.18. The molecule has 0 aromatic carbocycles. The van der Waals surface area contributed by atoms with E-state index >= 15 is 0 Å². The third-order valence-electron chi connectivity index (χ3n) is 2.30. The van der Waals surface area contributed by atoms with Crippen LogP contribution in [0, 0.1) is 5.92 Å². The highest BCUT2D eigenvalue weighted by Crippen LogP contribution is 2.17. The number of rotatable bonds is 5. The average Bonchev–Trinajstić information content (AvgIpc) is 2.16. The van der Waals surface area contributed by atoms with Gasteiger partial charge in [-0.25, -0.2) is 0 Å². The van der Waals surface area contributed by atoms with Crippen molar-refractivity contribution < 1.29 is 4.74 Å². The lowest BCUT2D eigenvalue weighted by molar-refractivity contribution is 0.308. The second-order valence-electron chi connectivity index (χ2n) is 3.39. The van der Waals surface area contributed by atoms with Crippen LogP contribution in [0.25, 0.3) is 0 Å². The molecular formula is C12H21NO. The van der Waals surface area contributed by atoms with Crippen molar-refractivity contribution in [1.82, 2.24) is 0 Å². The van der Waals surface area contributed by atoms with Gasteiger partial charge in [0, 0.05) is 11.6 Å². The topological polar surface area (TPSA) is 35.2 Å². The number of hydrogen-bond acceptors (Lipinski definition) is 2. The lowest BCUT2D eigenvalue weighted by atomic mass is 9.98. The van der Waals surface area contributed by atoms with Crippen LogP contribution in [0.2, 0.25) is 0 Å². The van der Waals surface area contributed by atoms with Gasteiger partial charge < -0.3 is 10.5 Å². The number of hydrogen-bond donors (Lipinski definition) is 1. The quantitative estimate of drug-likeness (QED) is 0.416. The molecule has 1 atom stereocenters. The van der Waals surface area contributed by atoms with E-state index in [1.807, 2.05) is 0 Å². The molecule has 0 aromatic heterocycles. The maximum Gasteiger partial charge on any atom is 0.113 e. The SMILES string of the molecule is C=C(/C=C(/N)C(C)/C(C)=C\CC)OC. The number of nitrogens with two attached hydrogens (primary N) is 1. The molecule has 0 rings (SSSR count). The van der Waals surface area contributed by atoms with Crippen molar-refractivity contribution >= 4 is 0 Å². The maximum atomic E-state index is 5.90. The van der Waals surface area contributed by atoms with Crippen LogP contribution < -0.4 is 5.73 Å². The van der Waals surface area contributed by atoms with Crippen LogP contribution in [0.4, 0.5) is 0 Å². The van der Waals surface area contributed by atoms with Gasteiger partial charge in [0.05, 0.1) is 7.11 Å². The molecule has 14 heavy (non-hydrogen) atoms. The standard InChI is InChI=1S/C12H21NO/c1-6-7-9(2)11(4)12(13)8-10(3)14-5/h7-8,11H,3,6,13H2,1-2,4-5H3/b9-7-,12-8+. The third kappa shape index (κ3) is 4.17. The van der Waals surface area contributed by atoms with E-state index in [0.717, 1.165) is 12.1 Å². The third-order valence-corrected chi connectivity index (χ3v) is 2.30. The van der Waals surface area contributed by atoms with Crippen LogP contribution in [0.15, 0.2) is 35.8 Å². The molecule has 0 heterocycles. The number of allylic oxidation sites excluding steroid dienone is 3. The van der Waals surface area contributed by atoms with Crippen molar-refractivity contribution in [2.24, 2.45) is 11.7 Å². The summed E-state index contributed by atoms with van der Waals surface area (Å²) in [7, 11) is 1.59. The molecule has 0 bridgehead atoms. The Morgan fingerprint density at radius 2 is 2.14 bits per heavy atom. The van der Waals surface area contributed by atoms with Gasteiger partial charge in [-0.3, -0.25) is 0 Å². The first-order chi connectivity index (χ1) is 6.52. The maximum absolute atomic E-state index is 5.90. The summed E-state index contributed by atoms with van der Waals surface area (Å²) in [5.74, 6) is 0.848. The first-order valence-corrected chi connectivity index (χ1v) is 4.89. The molecule has 80 valence electrons. The fourth-order valence-electron chi connectivity index (χ4n) is 1.13. The first-order valence-electron chi connectivity index (χ1n) is 4.89. The molecule has 1 unspecified atom stereocenters. The summed E-state index contributed by atoms with van der Waals surface area (Å²) in [4.78, 5) is 0. The van der Waals surface area contributed by atoms with Gasteiger partial charge in [-0.1, -0.05) is 32.1 Å². The van der Waals surface area contributed by atoms with Crippen molar-refractivity contribution in [3.05, 3.63) is 35.8 Å². The Balaban J connectivity index is 4.53. The van der Waals surface area contributed by atoms with Gasteiger partial charge in [0.1, 0.15) is 5.76 Å². The Morgan fingerprint density at radius 1 is 1.57 bits per heavy atom. The summed E-state index contributed by atoms with van der Waals surface area (Å²) >= 11 is 0. The highest BCUT2D eigenvalue weighted by Gasteiger charge is 2.06. The highest BCUT2D eigenvalue weighted by molar-refractivity contribution is 5.22. The zero-order valence-electron chi connectivity index (χ0n) is 9.63. The number of methoxy groups -OCH3 is 1. The van der Waals surface area contributed by atoms with E-state index in [-0.39, 0.29) is 5.92 Å². The molecule has 0 amide bonds. The fraction of sp³-hybridized carbons (Fsp3) is 0.500. The van der Waals surface area contributed by atoms with Crippen LogP contribution in [0.5, 0.6) is 0 Å².